The summed E-state index contributed by atoms with van der Waals surface area (Å²) in [5, 5.41) is 17.5. The molecule has 1 unspecified atom stereocenters. The zero-order chi connectivity index (χ0) is 10.5. The Kier molecular flexibility index (Phi) is 5.46. The van der Waals surface area contributed by atoms with Crippen LogP contribution in [0.1, 0.15) is 0 Å². The summed E-state index contributed by atoms with van der Waals surface area (Å²) in [6, 6.07) is 0. The van der Waals surface area contributed by atoms with E-state index in [1.54, 1.807) is 11.9 Å². The van der Waals surface area contributed by atoms with Gasteiger partial charge in [0.15, 0.2) is 0 Å². The molecule has 0 aliphatic heterocycles. The van der Waals surface area contributed by atoms with Crippen LogP contribution in [-0.4, -0.2) is 68.4 Å². The van der Waals surface area contributed by atoms with E-state index in [1.165, 1.54) is 6.26 Å². The Labute approximate surface area is 78.9 Å². The van der Waals surface area contributed by atoms with Crippen molar-refractivity contribution in [1.82, 2.24) is 4.90 Å². The van der Waals surface area contributed by atoms with Gasteiger partial charge in [-0.2, -0.15) is 0 Å². The van der Waals surface area contributed by atoms with E-state index in [0.717, 1.165) is 0 Å². The molecular weight excluding hydrogens is 194 g/mol. The lowest BCUT2D eigenvalue weighted by Gasteiger charge is -2.18. The van der Waals surface area contributed by atoms with E-state index in [0.29, 0.717) is 6.54 Å². The number of hydrogen-bond donors (Lipinski definition) is 2. The number of rotatable bonds is 6. The van der Waals surface area contributed by atoms with E-state index in [9.17, 15) is 8.42 Å². The second kappa shape index (κ2) is 5.54. The highest BCUT2D eigenvalue weighted by Crippen LogP contribution is 1.90. The minimum absolute atomic E-state index is 0.0711. The summed E-state index contributed by atoms with van der Waals surface area (Å²) in [6.45, 7) is 0.352. The zero-order valence-corrected chi connectivity index (χ0v) is 8.79. The van der Waals surface area contributed by atoms with Crippen molar-refractivity contribution in [2.75, 3.05) is 38.8 Å². The molecule has 1 atom stereocenters. The maximum Gasteiger partial charge on any atom is 0.148 e. The van der Waals surface area contributed by atoms with E-state index in [-0.39, 0.29) is 18.9 Å². The van der Waals surface area contributed by atoms with Crippen LogP contribution in [0, 0.1) is 0 Å². The number of nitrogens with zero attached hydrogens (tertiary/aromatic N) is 1. The number of sulfone groups is 1. The maximum atomic E-state index is 10.8. The highest BCUT2D eigenvalue weighted by Gasteiger charge is 2.09. The summed E-state index contributed by atoms with van der Waals surface area (Å²) in [5.41, 5.74) is 0. The van der Waals surface area contributed by atoms with Crippen LogP contribution in [0.3, 0.4) is 0 Å². The quantitative estimate of drug-likeness (QED) is 0.548. The molecule has 0 fully saturated rings. The van der Waals surface area contributed by atoms with Gasteiger partial charge in [0.2, 0.25) is 0 Å². The van der Waals surface area contributed by atoms with Gasteiger partial charge in [-0.05, 0) is 7.05 Å². The molecule has 80 valence electrons. The van der Waals surface area contributed by atoms with Gasteiger partial charge >= 0.3 is 0 Å². The largest absolute Gasteiger partial charge is 0.394 e. The summed E-state index contributed by atoms with van der Waals surface area (Å²) in [6.07, 6.45) is 0.369. The molecule has 0 aliphatic rings. The van der Waals surface area contributed by atoms with Crippen LogP contribution >= 0.6 is 0 Å². The molecule has 0 saturated carbocycles. The van der Waals surface area contributed by atoms with Gasteiger partial charge in [0.25, 0.3) is 0 Å². The van der Waals surface area contributed by atoms with E-state index in [4.69, 9.17) is 10.2 Å². The molecule has 0 radical (unpaired) electrons. The van der Waals surface area contributed by atoms with Crippen LogP contribution in [0.4, 0.5) is 0 Å². The molecule has 6 heteroatoms. The van der Waals surface area contributed by atoms with Gasteiger partial charge in [0.05, 0.1) is 18.5 Å². The third kappa shape index (κ3) is 8.17. The topological polar surface area (TPSA) is 77.8 Å². The lowest BCUT2D eigenvalue weighted by Crippen LogP contribution is -2.34. The van der Waals surface area contributed by atoms with Gasteiger partial charge in [-0.15, -0.1) is 0 Å². The SMILES string of the molecule is CN(CCS(C)(=O)=O)CC(O)CO. The molecule has 0 aromatic rings. The van der Waals surface area contributed by atoms with Crippen molar-refractivity contribution in [3.8, 4) is 0 Å². The van der Waals surface area contributed by atoms with E-state index in [2.05, 4.69) is 0 Å². The lowest BCUT2D eigenvalue weighted by molar-refractivity contribution is 0.0682. The average Bonchev–Trinajstić information content (AvgIpc) is 1.99. The Morgan fingerprint density at radius 2 is 2.00 bits per heavy atom. The lowest BCUT2D eigenvalue weighted by atomic mass is 10.3. The summed E-state index contributed by atoms with van der Waals surface area (Å²) in [7, 11) is -1.25. The first kappa shape index (κ1) is 12.8. The highest BCUT2D eigenvalue weighted by molar-refractivity contribution is 7.90. The van der Waals surface area contributed by atoms with Gasteiger partial charge < -0.3 is 15.1 Å². The summed E-state index contributed by atoms with van der Waals surface area (Å²) < 4.78 is 21.5. The Bertz CT molecular complexity index is 227. The fourth-order valence-electron chi connectivity index (χ4n) is 0.830. The zero-order valence-electron chi connectivity index (χ0n) is 7.97. The molecule has 0 aromatic carbocycles. The van der Waals surface area contributed by atoms with Crippen molar-refractivity contribution >= 4 is 9.84 Å². The van der Waals surface area contributed by atoms with Crippen LogP contribution in [0.15, 0.2) is 0 Å². The predicted octanol–water partition coefficient (Wildman–Crippen LogP) is -1.68. The van der Waals surface area contributed by atoms with Gasteiger partial charge in [0, 0.05) is 19.3 Å². The Balaban J connectivity index is 3.69. The molecule has 0 aromatic heterocycles. The number of aliphatic hydroxyl groups is 2. The first-order valence-corrected chi connectivity index (χ1v) is 6.06. The highest BCUT2D eigenvalue weighted by atomic mass is 32.2. The van der Waals surface area contributed by atoms with Gasteiger partial charge in [0.1, 0.15) is 9.84 Å². The molecule has 13 heavy (non-hydrogen) atoms. The summed E-state index contributed by atoms with van der Waals surface area (Å²) >= 11 is 0. The minimum Gasteiger partial charge on any atom is -0.394 e. The van der Waals surface area contributed by atoms with E-state index < -0.39 is 15.9 Å². The van der Waals surface area contributed by atoms with Crippen molar-refractivity contribution in [2.45, 2.75) is 6.10 Å². The molecule has 0 aliphatic carbocycles. The first-order valence-electron chi connectivity index (χ1n) is 4.00. The summed E-state index contributed by atoms with van der Waals surface area (Å²) in [4.78, 5) is 1.67. The second-order valence-electron chi connectivity index (χ2n) is 3.23. The Morgan fingerprint density at radius 3 is 2.38 bits per heavy atom. The molecule has 5 nitrogen and oxygen atoms in total. The van der Waals surface area contributed by atoms with Gasteiger partial charge in [-0.25, -0.2) is 8.42 Å². The van der Waals surface area contributed by atoms with E-state index >= 15 is 0 Å². The third-order valence-corrected chi connectivity index (χ3v) is 2.50. The number of aliphatic hydroxyl groups excluding tert-OH is 2. The third-order valence-electron chi connectivity index (χ3n) is 1.58. The standard InChI is InChI=1S/C7H17NO4S/c1-8(5-7(10)6-9)3-4-13(2,11)12/h7,9-10H,3-6H2,1-2H3. The van der Waals surface area contributed by atoms with Crippen molar-refractivity contribution in [3.63, 3.8) is 0 Å². The molecule has 0 bridgehead atoms. The normalized spacial score (nSPS) is 14.8. The Morgan fingerprint density at radius 1 is 1.46 bits per heavy atom. The molecule has 2 N–H and O–H groups in total. The summed E-state index contributed by atoms with van der Waals surface area (Å²) in [5.74, 6) is 0.0711. The van der Waals surface area contributed by atoms with Crippen LogP contribution in [0.25, 0.3) is 0 Å². The fourth-order valence-corrected chi connectivity index (χ4v) is 1.47. The molecular formula is C7H17NO4S. The van der Waals surface area contributed by atoms with E-state index in [1.807, 2.05) is 0 Å². The fraction of sp³-hybridized carbons (Fsp3) is 1.00. The molecule has 0 amide bonds. The van der Waals surface area contributed by atoms with Crippen molar-refractivity contribution in [2.24, 2.45) is 0 Å². The van der Waals surface area contributed by atoms with Crippen molar-refractivity contribution in [1.29, 1.82) is 0 Å². The second-order valence-corrected chi connectivity index (χ2v) is 5.49. The van der Waals surface area contributed by atoms with Gasteiger partial charge in [-0.3, -0.25) is 0 Å². The average molecular weight is 211 g/mol. The molecule has 0 heterocycles. The number of likely N-dealkylation sites (N-methyl/N-ethyl adjacent to an activating group) is 1. The van der Waals surface area contributed by atoms with Crippen LogP contribution in [0.5, 0.6) is 0 Å². The van der Waals surface area contributed by atoms with Crippen molar-refractivity contribution < 1.29 is 18.6 Å². The monoisotopic (exact) mass is 211 g/mol. The van der Waals surface area contributed by atoms with Crippen molar-refractivity contribution in [3.05, 3.63) is 0 Å². The molecule has 0 saturated heterocycles. The van der Waals surface area contributed by atoms with Gasteiger partial charge in [-0.1, -0.05) is 0 Å². The predicted molar refractivity (Wildman–Crippen MR) is 50.3 cm³/mol. The van der Waals surface area contributed by atoms with Crippen LogP contribution in [0.2, 0.25) is 0 Å². The maximum absolute atomic E-state index is 10.8. The van der Waals surface area contributed by atoms with Crippen LogP contribution < -0.4 is 0 Å². The van der Waals surface area contributed by atoms with Crippen LogP contribution in [-0.2, 0) is 9.84 Å². The number of hydrogen-bond acceptors (Lipinski definition) is 5. The molecule has 0 spiro atoms. The Hall–Kier alpha value is -0.170. The first-order chi connectivity index (χ1) is 5.85. The minimum atomic E-state index is -2.95. The smallest absolute Gasteiger partial charge is 0.148 e. The molecule has 0 rings (SSSR count).